The van der Waals surface area contributed by atoms with Gasteiger partial charge in [0, 0.05) is 17.8 Å². The molecule has 0 aliphatic heterocycles. The first-order valence-corrected chi connectivity index (χ1v) is 6.21. The standard InChI is InChI=1S/C16H14FNO/c17-15-8-7-14(12-5-1-2-6-13(12)15)16(18)10-11-4-3-9-19-11/h1-9,16H,10,18H2. The van der Waals surface area contributed by atoms with E-state index in [1.807, 2.05) is 30.3 Å². The summed E-state index contributed by atoms with van der Waals surface area (Å²) < 4.78 is 19.1. The Bertz CT molecular complexity index is 691. The molecular formula is C16H14FNO. The number of hydrogen-bond acceptors (Lipinski definition) is 2. The highest BCUT2D eigenvalue weighted by atomic mass is 19.1. The van der Waals surface area contributed by atoms with Gasteiger partial charge in [0.1, 0.15) is 11.6 Å². The van der Waals surface area contributed by atoms with Crippen molar-refractivity contribution in [1.82, 2.24) is 0 Å². The molecule has 19 heavy (non-hydrogen) atoms. The van der Waals surface area contributed by atoms with Gasteiger partial charge in [-0.3, -0.25) is 0 Å². The predicted octanol–water partition coefficient (Wildman–Crippen LogP) is 3.81. The van der Waals surface area contributed by atoms with Gasteiger partial charge in [-0.1, -0.05) is 30.3 Å². The van der Waals surface area contributed by atoms with Crippen LogP contribution in [0.1, 0.15) is 17.4 Å². The van der Waals surface area contributed by atoms with Gasteiger partial charge in [0.2, 0.25) is 0 Å². The van der Waals surface area contributed by atoms with Crippen LogP contribution in [0.3, 0.4) is 0 Å². The third kappa shape index (κ3) is 2.25. The Labute approximate surface area is 110 Å². The Balaban J connectivity index is 2.03. The minimum absolute atomic E-state index is 0.211. The molecule has 3 heteroatoms. The molecule has 0 aliphatic carbocycles. The minimum atomic E-state index is -0.218. The molecule has 0 saturated heterocycles. The van der Waals surface area contributed by atoms with Crippen molar-refractivity contribution in [2.75, 3.05) is 0 Å². The molecule has 1 atom stereocenters. The number of fused-ring (bicyclic) bond motifs is 1. The van der Waals surface area contributed by atoms with Crippen LogP contribution in [0, 0.1) is 5.82 Å². The van der Waals surface area contributed by atoms with Crippen LogP contribution in [0.2, 0.25) is 0 Å². The van der Waals surface area contributed by atoms with E-state index in [4.69, 9.17) is 10.2 Å². The van der Waals surface area contributed by atoms with Gasteiger partial charge in [-0.05, 0) is 29.1 Å². The lowest BCUT2D eigenvalue weighted by molar-refractivity contribution is 0.489. The van der Waals surface area contributed by atoms with E-state index in [-0.39, 0.29) is 11.9 Å². The summed E-state index contributed by atoms with van der Waals surface area (Å²) in [4.78, 5) is 0. The SMILES string of the molecule is NC(Cc1ccco1)c1ccc(F)c2ccccc12. The molecule has 0 saturated carbocycles. The fraction of sp³-hybridized carbons (Fsp3) is 0.125. The van der Waals surface area contributed by atoms with Crippen molar-refractivity contribution >= 4 is 10.8 Å². The average Bonchev–Trinajstić information content (AvgIpc) is 2.92. The van der Waals surface area contributed by atoms with E-state index < -0.39 is 0 Å². The highest BCUT2D eigenvalue weighted by Gasteiger charge is 2.13. The first-order chi connectivity index (χ1) is 9.25. The Morgan fingerprint density at radius 1 is 1.00 bits per heavy atom. The van der Waals surface area contributed by atoms with Gasteiger partial charge < -0.3 is 10.2 Å². The van der Waals surface area contributed by atoms with Crippen molar-refractivity contribution in [1.29, 1.82) is 0 Å². The normalized spacial score (nSPS) is 12.7. The maximum atomic E-state index is 13.7. The summed E-state index contributed by atoms with van der Waals surface area (Å²) in [5.41, 5.74) is 7.16. The van der Waals surface area contributed by atoms with Crippen molar-refractivity contribution in [3.63, 3.8) is 0 Å². The highest BCUT2D eigenvalue weighted by molar-refractivity contribution is 5.86. The fourth-order valence-electron chi connectivity index (χ4n) is 2.36. The van der Waals surface area contributed by atoms with Crippen molar-refractivity contribution in [2.45, 2.75) is 12.5 Å². The van der Waals surface area contributed by atoms with Crippen LogP contribution in [0.5, 0.6) is 0 Å². The zero-order valence-electron chi connectivity index (χ0n) is 10.3. The molecule has 1 aromatic heterocycles. The number of hydrogen-bond donors (Lipinski definition) is 1. The molecule has 0 radical (unpaired) electrons. The summed E-state index contributed by atoms with van der Waals surface area (Å²) in [6.07, 6.45) is 2.23. The monoisotopic (exact) mass is 255 g/mol. The molecule has 2 aromatic carbocycles. The third-order valence-corrected chi connectivity index (χ3v) is 3.31. The lowest BCUT2D eigenvalue weighted by atomic mass is 9.96. The lowest BCUT2D eigenvalue weighted by Crippen LogP contribution is -2.13. The Hall–Kier alpha value is -2.13. The van der Waals surface area contributed by atoms with Gasteiger partial charge in [0.25, 0.3) is 0 Å². The summed E-state index contributed by atoms with van der Waals surface area (Å²) in [5.74, 6) is 0.616. The van der Waals surface area contributed by atoms with Crippen LogP contribution < -0.4 is 5.73 Å². The number of halogens is 1. The number of nitrogens with two attached hydrogens (primary N) is 1. The topological polar surface area (TPSA) is 39.2 Å². The van der Waals surface area contributed by atoms with Crippen LogP contribution in [0.15, 0.2) is 59.2 Å². The molecule has 1 heterocycles. The van der Waals surface area contributed by atoms with Gasteiger partial charge in [-0.2, -0.15) is 0 Å². The van der Waals surface area contributed by atoms with Crippen LogP contribution in [-0.4, -0.2) is 0 Å². The Morgan fingerprint density at radius 2 is 1.79 bits per heavy atom. The van der Waals surface area contributed by atoms with E-state index in [0.29, 0.717) is 11.8 Å². The van der Waals surface area contributed by atoms with Gasteiger partial charge in [0.05, 0.1) is 6.26 Å². The van der Waals surface area contributed by atoms with Gasteiger partial charge in [0.15, 0.2) is 0 Å². The lowest BCUT2D eigenvalue weighted by Gasteiger charge is -2.14. The molecule has 1 unspecified atom stereocenters. The van der Waals surface area contributed by atoms with E-state index in [9.17, 15) is 4.39 Å². The molecule has 0 amide bonds. The summed E-state index contributed by atoms with van der Waals surface area (Å²) in [5, 5.41) is 1.47. The van der Waals surface area contributed by atoms with Crippen molar-refractivity contribution < 1.29 is 8.81 Å². The maximum Gasteiger partial charge on any atom is 0.131 e. The largest absolute Gasteiger partial charge is 0.469 e. The summed E-state index contributed by atoms with van der Waals surface area (Å²) in [7, 11) is 0. The Morgan fingerprint density at radius 3 is 2.53 bits per heavy atom. The summed E-state index contributed by atoms with van der Waals surface area (Å²) in [6, 6.07) is 14.1. The summed E-state index contributed by atoms with van der Waals surface area (Å²) in [6.45, 7) is 0. The number of furan rings is 1. The first-order valence-electron chi connectivity index (χ1n) is 6.21. The zero-order chi connectivity index (χ0) is 13.2. The quantitative estimate of drug-likeness (QED) is 0.772. The molecule has 0 aliphatic rings. The second-order valence-corrected chi connectivity index (χ2v) is 4.57. The third-order valence-electron chi connectivity index (χ3n) is 3.31. The molecular weight excluding hydrogens is 241 g/mol. The molecule has 2 nitrogen and oxygen atoms in total. The molecule has 2 N–H and O–H groups in total. The second kappa shape index (κ2) is 4.86. The number of benzene rings is 2. The van der Waals surface area contributed by atoms with E-state index in [1.165, 1.54) is 6.07 Å². The highest BCUT2D eigenvalue weighted by Crippen LogP contribution is 2.27. The number of rotatable bonds is 3. The van der Waals surface area contributed by atoms with Crippen LogP contribution in [-0.2, 0) is 6.42 Å². The van der Waals surface area contributed by atoms with Crippen molar-refractivity contribution in [3.8, 4) is 0 Å². The van der Waals surface area contributed by atoms with Gasteiger partial charge >= 0.3 is 0 Å². The average molecular weight is 255 g/mol. The Kier molecular flexibility index (Phi) is 3.05. The predicted molar refractivity (Wildman–Crippen MR) is 73.2 cm³/mol. The molecule has 3 rings (SSSR count). The van der Waals surface area contributed by atoms with E-state index >= 15 is 0 Å². The molecule has 96 valence electrons. The molecule has 0 bridgehead atoms. The maximum absolute atomic E-state index is 13.7. The zero-order valence-corrected chi connectivity index (χ0v) is 10.3. The second-order valence-electron chi connectivity index (χ2n) is 4.57. The molecule has 0 fully saturated rings. The van der Waals surface area contributed by atoms with Crippen molar-refractivity contribution in [3.05, 3.63) is 71.9 Å². The van der Waals surface area contributed by atoms with Gasteiger partial charge in [-0.25, -0.2) is 4.39 Å². The van der Waals surface area contributed by atoms with E-state index in [2.05, 4.69) is 0 Å². The summed E-state index contributed by atoms with van der Waals surface area (Å²) >= 11 is 0. The molecule has 3 aromatic rings. The smallest absolute Gasteiger partial charge is 0.131 e. The molecule has 0 spiro atoms. The van der Waals surface area contributed by atoms with Gasteiger partial charge in [-0.15, -0.1) is 0 Å². The minimum Gasteiger partial charge on any atom is -0.469 e. The van der Waals surface area contributed by atoms with Crippen LogP contribution >= 0.6 is 0 Å². The first kappa shape index (κ1) is 11.9. The van der Waals surface area contributed by atoms with Crippen LogP contribution in [0.4, 0.5) is 4.39 Å². The fourth-order valence-corrected chi connectivity index (χ4v) is 2.36. The van der Waals surface area contributed by atoms with E-state index in [1.54, 1.807) is 18.4 Å². The van der Waals surface area contributed by atoms with E-state index in [0.717, 1.165) is 16.7 Å². The van der Waals surface area contributed by atoms with Crippen molar-refractivity contribution in [2.24, 2.45) is 5.73 Å². The van der Waals surface area contributed by atoms with Crippen LogP contribution in [0.25, 0.3) is 10.8 Å².